The van der Waals surface area contributed by atoms with Gasteiger partial charge < -0.3 is 15.0 Å². The number of ether oxygens (including phenoxy) is 1. The van der Waals surface area contributed by atoms with E-state index < -0.39 is 34.4 Å². The number of rotatable bonds is 10. The van der Waals surface area contributed by atoms with E-state index in [-0.39, 0.29) is 22.2 Å². The number of amides is 2. The van der Waals surface area contributed by atoms with E-state index in [0.717, 1.165) is 9.87 Å². The molecule has 0 unspecified atom stereocenters. The van der Waals surface area contributed by atoms with Crippen molar-refractivity contribution in [2.24, 2.45) is 0 Å². The smallest absolute Gasteiger partial charge is 0.264 e. The van der Waals surface area contributed by atoms with Crippen molar-refractivity contribution in [3.05, 3.63) is 86.9 Å². The van der Waals surface area contributed by atoms with Gasteiger partial charge >= 0.3 is 0 Å². The van der Waals surface area contributed by atoms with Crippen LogP contribution in [0, 0.1) is 6.92 Å². The molecule has 8 nitrogen and oxygen atoms in total. The lowest BCUT2D eigenvalue weighted by Crippen LogP contribution is -2.50. The number of methoxy groups -OCH3 is 1. The Hall–Kier alpha value is -2.98. The number of halogens is 3. The summed E-state index contributed by atoms with van der Waals surface area (Å²) in [6, 6.07) is 14.5. The first kappa shape index (κ1) is 30.6. The van der Waals surface area contributed by atoms with Crippen LogP contribution in [-0.2, 0) is 26.2 Å². The summed E-state index contributed by atoms with van der Waals surface area (Å²) in [4.78, 5) is 27.7. The highest BCUT2D eigenvalue weighted by atomic mass is 35.5. The van der Waals surface area contributed by atoms with Crippen LogP contribution < -0.4 is 14.4 Å². The van der Waals surface area contributed by atoms with Crippen molar-refractivity contribution in [1.29, 1.82) is 0 Å². The van der Waals surface area contributed by atoms with Crippen molar-refractivity contribution in [2.45, 2.75) is 31.3 Å². The van der Waals surface area contributed by atoms with Gasteiger partial charge in [-0.2, -0.15) is 0 Å². The fourth-order valence-corrected chi connectivity index (χ4v) is 5.93. The first-order valence-corrected chi connectivity index (χ1v) is 14.3. The zero-order valence-electron chi connectivity index (χ0n) is 21.7. The fraction of sp³-hybridized carbons (Fsp3) is 0.259. The van der Waals surface area contributed by atoms with Gasteiger partial charge in [0, 0.05) is 23.6 Å². The summed E-state index contributed by atoms with van der Waals surface area (Å²) >= 11 is 18.7. The van der Waals surface area contributed by atoms with Crippen LogP contribution in [0.15, 0.2) is 65.6 Å². The van der Waals surface area contributed by atoms with Crippen LogP contribution in [0.2, 0.25) is 15.1 Å². The third-order valence-corrected chi connectivity index (χ3v) is 8.75. The molecule has 2 amide bonds. The first-order valence-electron chi connectivity index (χ1n) is 11.8. The maximum atomic E-state index is 13.8. The van der Waals surface area contributed by atoms with E-state index in [2.05, 4.69) is 5.32 Å². The first-order chi connectivity index (χ1) is 18.4. The van der Waals surface area contributed by atoms with E-state index in [0.29, 0.717) is 21.4 Å². The van der Waals surface area contributed by atoms with Crippen LogP contribution in [0.5, 0.6) is 5.75 Å². The van der Waals surface area contributed by atoms with Gasteiger partial charge in [-0.1, -0.05) is 58.6 Å². The molecule has 3 aromatic rings. The molecule has 1 atom stereocenters. The van der Waals surface area contributed by atoms with Gasteiger partial charge in [0.05, 0.1) is 22.7 Å². The number of hydrogen-bond donors (Lipinski definition) is 1. The van der Waals surface area contributed by atoms with Gasteiger partial charge in [-0.15, -0.1) is 0 Å². The highest BCUT2D eigenvalue weighted by Gasteiger charge is 2.33. The molecule has 39 heavy (non-hydrogen) atoms. The molecule has 0 radical (unpaired) electrons. The normalized spacial score (nSPS) is 12.0. The number of carbonyl (C=O) groups excluding carboxylic acids is 2. The van der Waals surface area contributed by atoms with Gasteiger partial charge in [0.25, 0.3) is 10.0 Å². The molecule has 0 spiro atoms. The number of likely N-dealkylation sites (N-methyl/N-ethyl adjacent to an activating group) is 1. The lowest BCUT2D eigenvalue weighted by molar-refractivity contribution is -0.139. The highest BCUT2D eigenvalue weighted by Crippen LogP contribution is 2.32. The lowest BCUT2D eigenvalue weighted by atomic mass is 10.1. The SMILES string of the molecule is CNC(=O)[C@H](C)N(Cc1ccc(Cl)cc1Cl)C(=O)CN(c1ccc(OC)c(Cl)c1)S(=O)(=O)c1ccc(C)cc1. The van der Waals surface area contributed by atoms with Gasteiger partial charge in [-0.05, 0) is 61.9 Å². The second-order valence-corrected chi connectivity index (χ2v) is 11.8. The quantitative estimate of drug-likeness (QED) is 0.334. The van der Waals surface area contributed by atoms with E-state index >= 15 is 0 Å². The van der Waals surface area contributed by atoms with E-state index in [1.54, 1.807) is 31.2 Å². The average molecular weight is 613 g/mol. The van der Waals surface area contributed by atoms with Crippen molar-refractivity contribution in [2.75, 3.05) is 25.0 Å². The molecule has 0 saturated carbocycles. The highest BCUT2D eigenvalue weighted by molar-refractivity contribution is 7.92. The number of carbonyl (C=O) groups is 2. The van der Waals surface area contributed by atoms with Crippen LogP contribution in [0.25, 0.3) is 0 Å². The van der Waals surface area contributed by atoms with Gasteiger partial charge in [0.15, 0.2) is 0 Å². The number of anilines is 1. The van der Waals surface area contributed by atoms with Crippen molar-refractivity contribution in [1.82, 2.24) is 10.2 Å². The molecule has 12 heteroatoms. The molecule has 0 aliphatic heterocycles. The minimum atomic E-state index is -4.23. The van der Waals surface area contributed by atoms with Crippen LogP contribution in [-0.4, -0.2) is 51.9 Å². The Morgan fingerprint density at radius 2 is 1.64 bits per heavy atom. The monoisotopic (exact) mass is 611 g/mol. The molecular formula is C27H28Cl3N3O5S. The molecule has 208 valence electrons. The zero-order valence-corrected chi connectivity index (χ0v) is 24.8. The number of sulfonamides is 1. The second-order valence-electron chi connectivity index (χ2n) is 8.69. The third kappa shape index (κ3) is 7.16. The van der Waals surface area contributed by atoms with Crippen LogP contribution >= 0.6 is 34.8 Å². The summed E-state index contributed by atoms with van der Waals surface area (Å²) in [6.45, 7) is 2.70. The summed E-state index contributed by atoms with van der Waals surface area (Å²) in [5.74, 6) is -0.736. The van der Waals surface area contributed by atoms with Crippen molar-refractivity contribution in [3.63, 3.8) is 0 Å². The standard InChI is InChI=1S/C27H28Cl3N3O5S/c1-17-5-10-22(11-6-17)39(36,37)33(21-9-12-25(38-4)24(30)14-21)16-26(34)32(18(2)27(35)31-3)15-19-7-8-20(28)13-23(19)29/h5-14,18H,15-16H2,1-4H3,(H,31,35)/t18-/m0/s1. The Labute approximate surface area is 243 Å². The molecule has 0 aromatic heterocycles. The van der Waals surface area contributed by atoms with Crippen LogP contribution in [0.1, 0.15) is 18.1 Å². The van der Waals surface area contributed by atoms with Gasteiger partial charge in [-0.25, -0.2) is 8.42 Å². The number of aryl methyl sites for hydroxylation is 1. The van der Waals surface area contributed by atoms with Gasteiger partial charge in [-0.3, -0.25) is 13.9 Å². The molecule has 0 aliphatic rings. The summed E-state index contributed by atoms with van der Waals surface area (Å²) in [5, 5.41) is 3.40. The molecule has 0 saturated heterocycles. The summed E-state index contributed by atoms with van der Waals surface area (Å²) in [5.41, 5.74) is 1.55. The summed E-state index contributed by atoms with van der Waals surface area (Å²) in [7, 11) is -1.35. The van der Waals surface area contributed by atoms with E-state index in [1.165, 1.54) is 55.5 Å². The average Bonchev–Trinajstić information content (AvgIpc) is 2.90. The Kier molecular flexibility index (Phi) is 10.1. The van der Waals surface area contributed by atoms with E-state index in [9.17, 15) is 18.0 Å². The summed E-state index contributed by atoms with van der Waals surface area (Å²) in [6.07, 6.45) is 0. The predicted octanol–water partition coefficient (Wildman–Crippen LogP) is 5.32. The van der Waals surface area contributed by atoms with E-state index in [1.807, 2.05) is 6.92 Å². The lowest BCUT2D eigenvalue weighted by Gasteiger charge is -2.32. The Morgan fingerprint density at radius 3 is 2.21 bits per heavy atom. The van der Waals surface area contributed by atoms with Crippen LogP contribution in [0.3, 0.4) is 0 Å². The largest absolute Gasteiger partial charge is 0.495 e. The van der Waals surface area contributed by atoms with E-state index in [4.69, 9.17) is 39.5 Å². The third-order valence-electron chi connectivity index (χ3n) is 6.08. The van der Waals surface area contributed by atoms with Crippen molar-refractivity contribution >= 4 is 62.3 Å². The Bertz CT molecular complexity index is 1470. The van der Waals surface area contributed by atoms with Crippen molar-refractivity contribution in [3.8, 4) is 5.75 Å². The molecule has 0 heterocycles. The molecule has 3 rings (SSSR count). The predicted molar refractivity (Wildman–Crippen MR) is 154 cm³/mol. The minimum Gasteiger partial charge on any atom is -0.495 e. The molecule has 0 aliphatic carbocycles. The fourth-order valence-electron chi connectivity index (χ4n) is 3.80. The molecule has 0 bridgehead atoms. The van der Waals surface area contributed by atoms with Gasteiger partial charge in [0.1, 0.15) is 18.3 Å². The Morgan fingerprint density at radius 1 is 0.974 bits per heavy atom. The number of nitrogens with one attached hydrogen (secondary N) is 1. The maximum Gasteiger partial charge on any atom is 0.264 e. The number of hydrogen-bond acceptors (Lipinski definition) is 5. The van der Waals surface area contributed by atoms with Crippen molar-refractivity contribution < 1.29 is 22.7 Å². The molecule has 1 N–H and O–H groups in total. The minimum absolute atomic E-state index is 0.0144. The molecular weight excluding hydrogens is 585 g/mol. The summed E-state index contributed by atoms with van der Waals surface area (Å²) < 4.78 is 33.8. The number of benzene rings is 3. The number of nitrogens with zero attached hydrogens (tertiary/aromatic N) is 2. The molecule has 3 aromatic carbocycles. The molecule has 0 fully saturated rings. The Balaban J connectivity index is 2.08. The zero-order chi connectivity index (χ0) is 28.9. The van der Waals surface area contributed by atoms with Gasteiger partial charge in [0.2, 0.25) is 11.8 Å². The van der Waals surface area contributed by atoms with Crippen LogP contribution in [0.4, 0.5) is 5.69 Å². The maximum absolute atomic E-state index is 13.8. The second kappa shape index (κ2) is 12.9. The topological polar surface area (TPSA) is 96.0 Å².